The summed E-state index contributed by atoms with van der Waals surface area (Å²) in [6, 6.07) is 7.74. The van der Waals surface area contributed by atoms with Crippen LogP contribution in [0.3, 0.4) is 0 Å². The first-order valence-electron chi connectivity index (χ1n) is 7.42. The standard InChI is InChI=1S/C17H22N2O2/c1-3-16(20)18-12-14-7-9-15(10-8-14)17(21)19-11-5-4-6-13(19)2/h3,7-10,13H,1,4-6,11-12H2,2H3,(H,18,20). The second-order valence-electron chi connectivity index (χ2n) is 5.46. The van der Waals surface area contributed by atoms with Gasteiger partial charge in [-0.3, -0.25) is 9.59 Å². The molecule has 0 spiro atoms. The predicted molar refractivity (Wildman–Crippen MR) is 82.8 cm³/mol. The maximum Gasteiger partial charge on any atom is 0.254 e. The van der Waals surface area contributed by atoms with E-state index in [0.717, 1.165) is 24.9 Å². The first-order chi connectivity index (χ1) is 10.1. The molecule has 2 rings (SSSR count). The van der Waals surface area contributed by atoms with Gasteiger partial charge in [0.2, 0.25) is 5.91 Å². The van der Waals surface area contributed by atoms with Crippen LogP contribution in [0.2, 0.25) is 0 Å². The van der Waals surface area contributed by atoms with Crippen molar-refractivity contribution in [1.82, 2.24) is 10.2 Å². The molecule has 0 aliphatic carbocycles. The molecule has 1 aromatic rings. The van der Waals surface area contributed by atoms with Crippen molar-refractivity contribution in [3.8, 4) is 0 Å². The van der Waals surface area contributed by atoms with Gasteiger partial charge in [0, 0.05) is 24.7 Å². The Morgan fingerprint density at radius 2 is 2.05 bits per heavy atom. The number of hydrogen-bond donors (Lipinski definition) is 1. The third-order valence-corrected chi connectivity index (χ3v) is 3.92. The van der Waals surface area contributed by atoms with E-state index in [1.165, 1.54) is 12.5 Å². The van der Waals surface area contributed by atoms with Gasteiger partial charge in [-0.05, 0) is 50.0 Å². The zero-order chi connectivity index (χ0) is 15.2. The normalized spacial score (nSPS) is 18.1. The fourth-order valence-electron chi connectivity index (χ4n) is 2.59. The Labute approximate surface area is 125 Å². The van der Waals surface area contributed by atoms with Gasteiger partial charge in [-0.2, -0.15) is 0 Å². The molecule has 1 aliphatic heterocycles. The highest BCUT2D eigenvalue weighted by atomic mass is 16.2. The van der Waals surface area contributed by atoms with Crippen LogP contribution < -0.4 is 5.32 Å². The molecule has 1 N–H and O–H groups in total. The van der Waals surface area contributed by atoms with E-state index in [9.17, 15) is 9.59 Å². The number of nitrogens with zero attached hydrogens (tertiary/aromatic N) is 1. The SMILES string of the molecule is C=CC(=O)NCc1ccc(C(=O)N2CCCCC2C)cc1. The van der Waals surface area contributed by atoms with E-state index in [1.807, 2.05) is 29.2 Å². The van der Waals surface area contributed by atoms with Crippen LogP contribution in [0.4, 0.5) is 0 Å². The van der Waals surface area contributed by atoms with Gasteiger partial charge in [0.05, 0.1) is 0 Å². The van der Waals surface area contributed by atoms with Crippen LogP contribution >= 0.6 is 0 Å². The summed E-state index contributed by atoms with van der Waals surface area (Å²) in [6.07, 6.45) is 4.61. The number of amides is 2. The third kappa shape index (κ3) is 3.94. The van der Waals surface area contributed by atoms with Gasteiger partial charge in [0.15, 0.2) is 0 Å². The second kappa shape index (κ2) is 7.07. The molecule has 0 radical (unpaired) electrons. The fourth-order valence-corrected chi connectivity index (χ4v) is 2.59. The Bertz CT molecular complexity index is 522. The van der Waals surface area contributed by atoms with Crippen molar-refractivity contribution in [2.75, 3.05) is 6.54 Å². The zero-order valence-corrected chi connectivity index (χ0v) is 12.5. The minimum atomic E-state index is -0.197. The molecular formula is C17H22N2O2. The molecule has 21 heavy (non-hydrogen) atoms. The Morgan fingerprint density at radius 1 is 1.33 bits per heavy atom. The van der Waals surface area contributed by atoms with Gasteiger partial charge in [-0.1, -0.05) is 18.7 Å². The van der Waals surface area contributed by atoms with Gasteiger partial charge in [0.1, 0.15) is 0 Å². The number of likely N-dealkylation sites (tertiary alicyclic amines) is 1. The molecule has 0 saturated carbocycles. The molecule has 1 fully saturated rings. The molecule has 1 saturated heterocycles. The summed E-state index contributed by atoms with van der Waals surface area (Å²) >= 11 is 0. The smallest absolute Gasteiger partial charge is 0.254 e. The van der Waals surface area contributed by atoms with Gasteiger partial charge in [0.25, 0.3) is 5.91 Å². The molecule has 1 aromatic carbocycles. The van der Waals surface area contributed by atoms with E-state index >= 15 is 0 Å². The summed E-state index contributed by atoms with van der Waals surface area (Å²) in [4.78, 5) is 25.5. The Morgan fingerprint density at radius 3 is 2.67 bits per heavy atom. The molecular weight excluding hydrogens is 264 g/mol. The van der Waals surface area contributed by atoms with Crippen molar-refractivity contribution < 1.29 is 9.59 Å². The van der Waals surface area contributed by atoms with E-state index < -0.39 is 0 Å². The van der Waals surface area contributed by atoms with Crippen molar-refractivity contribution in [3.63, 3.8) is 0 Å². The molecule has 2 amide bonds. The highest BCUT2D eigenvalue weighted by molar-refractivity contribution is 5.94. The molecule has 1 aliphatic rings. The van der Waals surface area contributed by atoms with Crippen molar-refractivity contribution in [2.45, 2.75) is 38.8 Å². The number of carbonyl (C=O) groups excluding carboxylic acids is 2. The third-order valence-electron chi connectivity index (χ3n) is 3.92. The van der Waals surface area contributed by atoms with Crippen LogP contribution in [0.5, 0.6) is 0 Å². The summed E-state index contributed by atoms with van der Waals surface area (Å²) in [5.41, 5.74) is 1.68. The summed E-state index contributed by atoms with van der Waals surface area (Å²) in [5, 5.41) is 2.72. The molecule has 1 heterocycles. The zero-order valence-electron chi connectivity index (χ0n) is 12.5. The molecule has 0 aromatic heterocycles. The number of nitrogens with one attached hydrogen (secondary N) is 1. The minimum Gasteiger partial charge on any atom is -0.348 e. The van der Waals surface area contributed by atoms with Crippen LogP contribution in [0.25, 0.3) is 0 Å². The summed E-state index contributed by atoms with van der Waals surface area (Å²) in [7, 11) is 0. The van der Waals surface area contributed by atoms with Crippen LogP contribution in [0, 0.1) is 0 Å². The average Bonchev–Trinajstić information content (AvgIpc) is 2.53. The summed E-state index contributed by atoms with van der Waals surface area (Å²) < 4.78 is 0. The van der Waals surface area contributed by atoms with Crippen LogP contribution in [0.1, 0.15) is 42.1 Å². The number of benzene rings is 1. The first kappa shape index (κ1) is 15.3. The highest BCUT2D eigenvalue weighted by Gasteiger charge is 2.23. The van der Waals surface area contributed by atoms with Crippen molar-refractivity contribution >= 4 is 11.8 Å². The van der Waals surface area contributed by atoms with Crippen molar-refractivity contribution in [3.05, 3.63) is 48.0 Å². The first-order valence-corrected chi connectivity index (χ1v) is 7.42. The minimum absolute atomic E-state index is 0.101. The predicted octanol–water partition coefficient (Wildman–Crippen LogP) is 2.50. The molecule has 4 nitrogen and oxygen atoms in total. The lowest BCUT2D eigenvalue weighted by Gasteiger charge is -2.33. The van der Waals surface area contributed by atoms with Gasteiger partial charge >= 0.3 is 0 Å². The quantitative estimate of drug-likeness (QED) is 0.865. The van der Waals surface area contributed by atoms with Crippen molar-refractivity contribution in [1.29, 1.82) is 0 Å². The lowest BCUT2D eigenvalue weighted by molar-refractivity contribution is -0.116. The average molecular weight is 286 g/mol. The summed E-state index contributed by atoms with van der Waals surface area (Å²) in [5.74, 6) is -0.0961. The lowest BCUT2D eigenvalue weighted by Crippen LogP contribution is -2.42. The maximum absolute atomic E-state index is 12.5. The Hall–Kier alpha value is -2.10. The molecule has 4 heteroatoms. The molecule has 112 valence electrons. The molecule has 1 atom stereocenters. The largest absolute Gasteiger partial charge is 0.348 e. The van der Waals surface area contributed by atoms with E-state index in [0.29, 0.717) is 18.2 Å². The van der Waals surface area contributed by atoms with E-state index in [2.05, 4.69) is 18.8 Å². The highest BCUT2D eigenvalue weighted by Crippen LogP contribution is 2.19. The number of carbonyl (C=O) groups is 2. The topological polar surface area (TPSA) is 49.4 Å². The maximum atomic E-state index is 12.5. The van der Waals surface area contributed by atoms with Gasteiger partial charge in [-0.25, -0.2) is 0 Å². The summed E-state index contributed by atoms with van der Waals surface area (Å²) in [6.45, 7) is 6.80. The Kier molecular flexibility index (Phi) is 5.14. The van der Waals surface area contributed by atoms with Crippen LogP contribution in [-0.2, 0) is 11.3 Å². The molecule has 0 bridgehead atoms. The van der Waals surface area contributed by atoms with Gasteiger partial charge in [-0.15, -0.1) is 0 Å². The van der Waals surface area contributed by atoms with E-state index in [4.69, 9.17) is 0 Å². The fraction of sp³-hybridized carbons (Fsp3) is 0.412. The Balaban J connectivity index is 1.99. The van der Waals surface area contributed by atoms with Crippen molar-refractivity contribution in [2.24, 2.45) is 0 Å². The monoisotopic (exact) mass is 286 g/mol. The van der Waals surface area contributed by atoms with E-state index in [1.54, 1.807) is 0 Å². The number of hydrogen-bond acceptors (Lipinski definition) is 2. The van der Waals surface area contributed by atoms with Crippen LogP contribution in [-0.4, -0.2) is 29.3 Å². The number of piperidine rings is 1. The second-order valence-corrected chi connectivity index (χ2v) is 5.46. The van der Waals surface area contributed by atoms with Gasteiger partial charge < -0.3 is 10.2 Å². The molecule has 1 unspecified atom stereocenters. The number of rotatable bonds is 4. The van der Waals surface area contributed by atoms with E-state index in [-0.39, 0.29) is 11.8 Å². The van der Waals surface area contributed by atoms with Crippen LogP contribution in [0.15, 0.2) is 36.9 Å². The lowest BCUT2D eigenvalue weighted by atomic mass is 10.0.